The highest BCUT2D eigenvalue weighted by Gasteiger charge is 2.07. The van der Waals surface area contributed by atoms with Crippen LogP contribution in [0.1, 0.15) is 13.8 Å². The van der Waals surface area contributed by atoms with Crippen LogP contribution in [0.25, 0.3) is 21.9 Å². The van der Waals surface area contributed by atoms with Gasteiger partial charge in [-0.15, -0.1) is 0 Å². The average molecular weight is 284 g/mol. The maximum absolute atomic E-state index is 5.80. The van der Waals surface area contributed by atoms with Crippen LogP contribution in [0.15, 0.2) is 46.9 Å². The number of benzene rings is 2. The standard InChI is InChI=1S/C16H16N2OS/c1-10(2)17-16(20)18-11-7-8-15-13(9-11)12-5-3-4-6-14(12)19-15/h3-10H,1-2H3,(H2,17,18,20). The Morgan fingerprint density at radius 3 is 2.60 bits per heavy atom. The molecule has 102 valence electrons. The topological polar surface area (TPSA) is 37.2 Å². The summed E-state index contributed by atoms with van der Waals surface area (Å²) in [6, 6.07) is 14.4. The molecule has 2 aromatic carbocycles. The monoisotopic (exact) mass is 284 g/mol. The molecule has 3 aromatic rings. The summed E-state index contributed by atoms with van der Waals surface area (Å²) in [6.07, 6.45) is 0. The fourth-order valence-electron chi connectivity index (χ4n) is 2.23. The van der Waals surface area contributed by atoms with Crippen LogP contribution in [0.2, 0.25) is 0 Å². The number of hydrogen-bond acceptors (Lipinski definition) is 2. The van der Waals surface area contributed by atoms with Crippen molar-refractivity contribution in [2.75, 3.05) is 5.32 Å². The number of fused-ring (bicyclic) bond motifs is 3. The molecule has 0 aliphatic rings. The summed E-state index contributed by atoms with van der Waals surface area (Å²) in [5.74, 6) is 0. The van der Waals surface area contributed by atoms with Gasteiger partial charge in [-0.25, -0.2) is 0 Å². The van der Waals surface area contributed by atoms with Crippen LogP contribution in [-0.4, -0.2) is 11.2 Å². The van der Waals surface area contributed by atoms with Crippen LogP contribution in [0, 0.1) is 0 Å². The first-order valence-electron chi connectivity index (χ1n) is 6.62. The van der Waals surface area contributed by atoms with Gasteiger partial charge < -0.3 is 15.1 Å². The van der Waals surface area contributed by atoms with E-state index in [2.05, 4.69) is 36.6 Å². The zero-order chi connectivity index (χ0) is 14.1. The lowest BCUT2D eigenvalue weighted by Gasteiger charge is -2.12. The van der Waals surface area contributed by atoms with Gasteiger partial charge in [-0.2, -0.15) is 0 Å². The lowest BCUT2D eigenvalue weighted by molar-refractivity contribution is 0.669. The summed E-state index contributed by atoms with van der Waals surface area (Å²) in [4.78, 5) is 0. The molecule has 0 aliphatic heterocycles. The molecule has 0 saturated heterocycles. The average Bonchev–Trinajstić information content (AvgIpc) is 2.76. The van der Waals surface area contributed by atoms with Gasteiger partial charge in [0.1, 0.15) is 11.2 Å². The van der Waals surface area contributed by atoms with Crippen molar-refractivity contribution in [3.63, 3.8) is 0 Å². The van der Waals surface area contributed by atoms with Crippen LogP contribution in [0.3, 0.4) is 0 Å². The highest BCUT2D eigenvalue weighted by molar-refractivity contribution is 7.80. The Morgan fingerprint density at radius 2 is 1.80 bits per heavy atom. The lowest BCUT2D eigenvalue weighted by atomic mass is 10.1. The molecule has 4 heteroatoms. The predicted molar refractivity (Wildman–Crippen MR) is 88.2 cm³/mol. The number of thiocarbonyl (C=S) groups is 1. The van der Waals surface area contributed by atoms with Crippen molar-refractivity contribution in [1.82, 2.24) is 5.32 Å². The second-order valence-corrected chi connectivity index (χ2v) is 5.47. The molecule has 0 bridgehead atoms. The second-order valence-electron chi connectivity index (χ2n) is 5.06. The molecule has 2 N–H and O–H groups in total. The Hall–Kier alpha value is -2.07. The molecule has 1 heterocycles. The van der Waals surface area contributed by atoms with Crippen molar-refractivity contribution >= 4 is 45.0 Å². The van der Waals surface area contributed by atoms with Gasteiger partial charge in [-0.3, -0.25) is 0 Å². The summed E-state index contributed by atoms with van der Waals surface area (Å²) in [5, 5.41) is 9.21. The van der Waals surface area contributed by atoms with E-state index in [1.807, 2.05) is 30.3 Å². The Balaban J connectivity index is 1.97. The Morgan fingerprint density at radius 1 is 1.05 bits per heavy atom. The molecule has 20 heavy (non-hydrogen) atoms. The Labute approximate surface area is 123 Å². The minimum Gasteiger partial charge on any atom is -0.456 e. The van der Waals surface area contributed by atoms with Gasteiger partial charge in [0, 0.05) is 22.5 Å². The van der Waals surface area contributed by atoms with E-state index in [9.17, 15) is 0 Å². The zero-order valence-electron chi connectivity index (χ0n) is 11.4. The van der Waals surface area contributed by atoms with E-state index in [1.54, 1.807) is 0 Å². The number of anilines is 1. The van der Waals surface area contributed by atoms with E-state index in [0.29, 0.717) is 11.2 Å². The SMILES string of the molecule is CC(C)NC(=S)Nc1ccc2oc3ccccc3c2c1. The third-order valence-corrected chi connectivity index (χ3v) is 3.27. The smallest absolute Gasteiger partial charge is 0.170 e. The number of rotatable bonds is 2. The van der Waals surface area contributed by atoms with E-state index in [0.717, 1.165) is 27.6 Å². The fraction of sp³-hybridized carbons (Fsp3) is 0.188. The number of hydrogen-bond donors (Lipinski definition) is 2. The van der Waals surface area contributed by atoms with Crippen LogP contribution in [0.4, 0.5) is 5.69 Å². The second kappa shape index (κ2) is 5.13. The maximum atomic E-state index is 5.80. The van der Waals surface area contributed by atoms with Gasteiger partial charge in [-0.05, 0) is 50.3 Å². The quantitative estimate of drug-likeness (QED) is 0.689. The third-order valence-electron chi connectivity index (χ3n) is 3.05. The van der Waals surface area contributed by atoms with Gasteiger partial charge in [0.15, 0.2) is 5.11 Å². The molecular weight excluding hydrogens is 268 g/mol. The number of para-hydroxylation sites is 1. The van der Waals surface area contributed by atoms with E-state index in [-0.39, 0.29) is 0 Å². The normalized spacial score (nSPS) is 11.2. The molecule has 0 spiro atoms. The predicted octanol–water partition coefficient (Wildman–Crippen LogP) is 4.28. The van der Waals surface area contributed by atoms with Gasteiger partial charge in [0.05, 0.1) is 0 Å². The van der Waals surface area contributed by atoms with Crippen molar-refractivity contribution in [3.05, 3.63) is 42.5 Å². The van der Waals surface area contributed by atoms with E-state index in [1.165, 1.54) is 0 Å². The van der Waals surface area contributed by atoms with E-state index in [4.69, 9.17) is 16.6 Å². The van der Waals surface area contributed by atoms with Gasteiger partial charge in [0.2, 0.25) is 0 Å². The van der Waals surface area contributed by atoms with Crippen LogP contribution < -0.4 is 10.6 Å². The molecular formula is C16H16N2OS. The molecule has 0 amide bonds. The van der Waals surface area contributed by atoms with Gasteiger partial charge in [-0.1, -0.05) is 18.2 Å². The highest BCUT2D eigenvalue weighted by atomic mass is 32.1. The van der Waals surface area contributed by atoms with Crippen molar-refractivity contribution in [1.29, 1.82) is 0 Å². The largest absolute Gasteiger partial charge is 0.456 e. The van der Waals surface area contributed by atoms with Crippen molar-refractivity contribution in [2.45, 2.75) is 19.9 Å². The molecule has 3 rings (SSSR count). The molecule has 0 saturated carbocycles. The number of furan rings is 1. The molecule has 3 nitrogen and oxygen atoms in total. The minimum atomic E-state index is 0.313. The lowest BCUT2D eigenvalue weighted by Crippen LogP contribution is -2.33. The van der Waals surface area contributed by atoms with Crippen molar-refractivity contribution in [3.8, 4) is 0 Å². The van der Waals surface area contributed by atoms with E-state index < -0.39 is 0 Å². The minimum absolute atomic E-state index is 0.313. The van der Waals surface area contributed by atoms with Crippen LogP contribution in [-0.2, 0) is 0 Å². The Bertz CT molecular complexity index is 776. The van der Waals surface area contributed by atoms with Crippen molar-refractivity contribution in [2.24, 2.45) is 0 Å². The highest BCUT2D eigenvalue weighted by Crippen LogP contribution is 2.30. The molecule has 0 atom stereocenters. The van der Waals surface area contributed by atoms with Crippen LogP contribution >= 0.6 is 12.2 Å². The molecule has 1 aromatic heterocycles. The third kappa shape index (κ3) is 2.47. The maximum Gasteiger partial charge on any atom is 0.170 e. The summed E-state index contributed by atoms with van der Waals surface area (Å²) in [7, 11) is 0. The van der Waals surface area contributed by atoms with E-state index >= 15 is 0 Å². The molecule has 0 fully saturated rings. The first-order chi connectivity index (χ1) is 9.63. The first kappa shape index (κ1) is 12.9. The fourth-order valence-corrected chi connectivity index (χ4v) is 2.59. The van der Waals surface area contributed by atoms with Crippen molar-refractivity contribution < 1.29 is 4.42 Å². The number of nitrogens with one attached hydrogen (secondary N) is 2. The van der Waals surface area contributed by atoms with Gasteiger partial charge >= 0.3 is 0 Å². The summed E-state index contributed by atoms with van der Waals surface area (Å²) in [6.45, 7) is 4.11. The van der Waals surface area contributed by atoms with Gasteiger partial charge in [0.25, 0.3) is 0 Å². The summed E-state index contributed by atoms with van der Waals surface area (Å²) >= 11 is 5.26. The van der Waals surface area contributed by atoms with Crippen LogP contribution in [0.5, 0.6) is 0 Å². The molecule has 0 unspecified atom stereocenters. The Kier molecular flexibility index (Phi) is 3.32. The zero-order valence-corrected chi connectivity index (χ0v) is 12.3. The first-order valence-corrected chi connectivity index (χ1v) is 7.03. The molecule has 0 aliphatic carbocycles. The summed E-state index contributed by atoms with van der Waals surface area (Å²) in [5.41, 5.74) is 2.75. The molecule has 0 radical (unpaired) electrons. The summed E-state index contributed by atoms with van der Waals surface area (Å²) < 4.78 is 5.80.